The van der Waals surface area contributed by atoms with Crippen LogP contribution in [0.4, 0.5) is 0 Å². The predicted octanol–water partition coefficient (Wildman–Crippen LogP) is 2.30. The molecule has 4 nitrogen and oxygen atoms in total. The maximum Gasteiger partial charge on any atom is 0.328 e. The Morgan fingerprint density at radius 1 is 1.10 bits per heavy atom. The van der Waals surface area contributed by atoms with Gasteiger partial charge in [0.2, 0.25) is 0 Å². The highest BCUT2D eigenvalue weighted by Crippen LogP contribution is 2.45. The number of fused-ring (bicyclic) bond motifs is 1. The van der Waals surface area contributed by atoms with Crippen molar-refractivity contribution in [2.24, 2.45) is 5.41 Å². The molecule has 0 N–H and O–H groups in total. The summed E-state index contributed by atoms with van der Waals surface area (Å²) in [6, 6.07) is 3.67. The number of hydrogen-bond acceptors (Lipinski definition) is 4. The second-order valence-electron chi connectivity index (χ2n) is 6.95. The van der Waals surface area contributed by atoms with E-state index >= 15 is 0 Å². The van der Waals surface area contributed by atoms with Crippen LogP contribution in [0.15, 0.2) is 12.1 Å². The first kappa shape index (κ1) is 14.5. The molecule has 0 unspecified atom stereocenters. The van der Waals surface area contributed by atoms with Gasteiger partial charge in [-0.2, -0.15) is 0 Å². The van der Waals surface area contributed by atoms with Gasteiger partial charge >= 0.3 is 6.92 Å². The lowest BCUT2D eigenvalue weighted by Crippen LogP contribution is -2.37. The van der Waals surface area contributed by atoms with E-state index in [0.29, 0.717) is 30.3 Å². The number of aldehydes is 1. The van der Waals surface area contributed by atoms with Crippen LogP contribution in [0.1, 0.15) is 38.1 Å². The van der Waals surface area contributed by atoms with Gasteiger partial charge in [0.05, 0.1) is 5.60 Å². The molecule has 1 fully saturated rings. The van der Waals surface area contributed by atoms with Crippen molar-refractivity contribution >= 4 is 18.7 Å². The van der Waals surface area contributed by atoms with Gasteiger partial charge in [-0.15, -0.1) is 0 Å². The average Bonchev–Trinajstić information content (AvgIpc) is 2.66. The Bertz CT molecular complexity index is 564. The first-order chi connectivity index (χ1) is 9.84. The fourth-order valence-electron chi connectivity index (χ4n) is 2.94. The largest absolute Gasteiger partial charge is 0.486 e. The summed E-state index contributed by atoms with van der Waals surface area (Å²) in [6.45, 7) is 9.57. The highest BCUT2D eigenvalue weighted by molar-refractivity contribution is 6.69. The van der Waals surface area contributed by atoms with E-state index in [-0.39, 0.29) is 17.9 Å². The molecule has 0 aliphatic carbocycles. The molecule has 0 spiro atoms. The van der Waals surface area contributed by atoms with E-state index in [2.05, 4.69) is 27.7 Å². The quantitative estimate of drug-likeness (QED) is 0.619. The van der Waals surface area contributed by atoms with Gasteiger partial charge in [-0.1, -0.05) is 13.8 Å². The Hall–Kier alpha value is -1.49. The van der Waals surface area contributed by atoms with Crippen LogP contribution in [0.3, 0.4) is 0 Å². The first-order valence-electron chi connectivity index (χ1n) is 7.40. The second-order valence-corrected chi connectivity index (χ2v) is 6.95. The van der Waals surface area contributed by atoms with E-state index in [4.69, 9.17) is 14.1 Å². The molecule has 0 radical (unpaired) electrons. The van der Waals surface area contributed by atoms with Crippen molar-refractivity contribution in [1.29, 1.82) is 0 Å². The molecule has 2 heterocycles. The number of hydrogen-bond donors (Lipinski definition) is 0. The molecule has 1 saturated heterocycles. The van der Waals surface area contributed by atoms with Crippen molar-refractivity contribution in [2.75, 3.05) is 13.2 Å². The second kappa shape index (κ2) is 4.77. The van der Waals surface area contributed by atoms with Crippen LogP contribution < -0.4 is 14.9 Å². The molecule has 0 aromatic heterocycles. The van der Waals surface area contributed by atoms with E-state index in [1.54, 1.807) is 6.07 Å². The van der Waals surface area contributed by atoms with Crippen LogP contribution in [0.2, 0.25) is 6.32 Å². The van der Waals surface area contributed by atoms with Crippen LogP contribution in [0.5, 0.6) is 11.5 Å². The summed E-state index contributed by atoms with van der Waals surface area (Å²) in [6.07, 6.45) is 1.75. The summed E-state index contributed by atoms with van der Waals surface area (Å²) in [5.74, 6) is 1.34. The minimum Gasteiger partial charge on any atom is -0.486 e. The van der Waals surface area contributed by atoms with Gasteiger partial charge in [0.25, 0.3) is 0 Å². The molecule has 0 saturated carbocycles. The smallest absolute Gasteiger partial charge is 0.328 e. The van der Waals surface area contributed by atoms with Gasteiger partial charge in [-0.3, -0.25) is 4.79 Å². The van der Waals surface area contributed by atoms with Crippen LogP contribution in [0, 0.1) is 5.41 Å². The lowest BCUT2D eigenvalue weighted by Gasteiger charge is -2.34. The van der Waals surface area contributed by atoms with Gasteiger partial charge in [-0.05, 0) is 43.2 Å². The fourth-order valence-corrected chi connectivity index (χ4v) is 2.94. The third kappa shape index (κ3) is 2.33. The molecule has 0 bridgehead atoms. The maximum absolute atomic E-state index is 11.4. The van der Waals surface area contributed by atoms with Gasteiger partial charge in [0, 0.05) is 5.56 Å². The molecule has 112 valence electrons. The molecule has 3 rings (SSSR count). The standard InChI is InChI=1S/C16H21BO4/c1-15(2)10-17(21-16(15,3)4)12-8-14-13(7-11(12)9-18)19-5-6-20-14/h7-9H,5-6,10H2,1-4H3. The highest BCUT2D eigenvalue weighted by Gasteiger charge is 2.50. The van der Waals surface area contributed by atoms with Crippen LogP contribution in [-0.2, 0) is 4.65 Å². The van der Waals surface area contributed by atoms with E-state index in [1.165, 1.54) is 0 Å². The third-order valence-corrected chi connectivity index (χ3v) is 4.98. The predicted molar refractivity (Wildman–Crippen MR) is 82.0 cm³/mol. The number of benzene rings is 1. The Morgan fingerprint density at radius 2 is 1.71 bits per heavy atom. The number of carbonyl (C=O) groups is 1. The minimum atomic E-state index is -0.231. The monoisotopic (exact) mass is 288 g/mol. The highest BCUT2D eigenvalue weighted by atomic mass is 16.6. The van der Waals surface area contributed by atoms with E-state index in [9.17, 15) is 4.79 Å². The molecule has 5 heteroatoms. The summed E-state index contributed by atoms with van der Waals surface area (Å²) in [5, 5.41) is 0. The topological polar surface area (TPSA) is 44.8 Å². The first-order valence-corrected chi connectivity index (χ1v) is 7.40. The lowest BCUT2D eigenvalue weighted by molar-refractivity contribution is 0.0375. The molecule has 1 aromatic rings. The zero-order valence-electron chi connectivity index (χ0n) is 13.1. The molecule has 2 aliphatic rings. The fraction of sp³-hybridized carbons (Fsp3) is 0.562. The molecular weight excluding hydrogens is 267 g/mol. The Kier molecular flexibility index (Phi) is 3.28. The van der Waals surface area contributed by atoms with Gasteiger partial charge in [0.1, 0.15) is 19.5 Å². The van der Waals surface area contributed by atoms with Crippen LogP contribution in [-0.4, -0.2) is 32.0 Å². The molecule has 0 amide bonds. The lowest BCUT2D eigenvalue weighted by atomic mass is 9.53. The summed E-state index contributed by atoms with van der Waals surface area (Å²) < 4.78 is 17.4. The van der Waals surface area contributed by atoms with Crippen molar-refractivity contribution < 1.29 is 18.9 Å². The zero-order valence-corrected chi connectivity index (χ0v) is 13.1. The number of carbonyl (C=O) groups excluding carboxylic acids is 1. The van der Waals surface area contributed by atoms with E-state index < -0.39 is 0 Å². The summed E-state index contributed by atoms with van der Waals surface area (Å²) in [5.41, 5.74) is 1.33. The third-order valence-electron chi connectivity index (χ3n) is 4.98. The Balaban J connectivity index is 2.01. The zero-order chi connectivity index (χ0) is 15.3. The average molecular weight is 288 g/mol. The van der Waals surface area contributed by atoms with Gasteiger partial charge < -0.3 is 14.1 Å². The maximum atomic E-state index is 11.4. The summed E-state index contributed by atoms with van der Waals surface area (Å²) >= 11 is 0. The van der Waals surface area contributed by atoms with Crippen molar-refractivity contribution in [3.05, 3.63) is 17.7 Å². The van der Waals surface area contributed by atoms with Crippen molar-refractivity contribution in [3.63, 3.8) is 0 Å². The van der Waals surface area contributed by atoms with Crippen LogP contribution in [0.25, 0.3) is 0 Å². The number of ether oxygens (including phenoxy) is 2. The molecule has 0 atom stereocenters. The van der Waals surface area contributed by atoms with Gasteiger partial charge in [0.15, 0.2) is 11.5 Å². The normalized spacial score (nSPS) is 22.2. The minimum absolute atomic E-state index is 0.0467. The van der Waals surface area contributed by atoms with E-state index in [0.717, 1.165) is 18.1 Å². The Labute approximate surface area is 125 Å². The van der Waals surface area contributed by atoms with Crippen molar-refractivity contribution in [3.8, 4) is 11.5 Å². The molecular formula is C16H21BO4. The van der Waals surface area contributed by atoms with Gasteiger partial charge in [-0.25, -0.2) is 0 Å². The Morgan fingerprint density at radius 3 is 2.24 bits per heavy atom. The molecule has 2 aliphatic heterocycles. The molecule has 1 aromatic carbocycles. The SMILES string of the molecule is CC1(C)CB(c2cc3c(cc2C=O)OCCO3)OC1(C)C. The van der Waals surface area contributed by atoms with Crippen LogP contribution >= 0.6 is 0 Å². The molecule has 21 heavy (non-hydrogen) atoms. The number of rotatable bonds is 2. The summed E-state index contributed by atoms with van der Waals surface area (Å²) in [7, 11) is 0. The van der Waals surface area contributed by atoms with E-state index in [1.807, 2.05) is 6.07 Å². The van der Waals surface area contributed by atoms with Crippen molar-refractivity contribution in [2.45, 2.75) is 39.6 Å². The van der Waals surface area contributed by atoms with Crippen molar-refractivity contribution in [1.82, 2.24) is 0 Å². The summed E-state index contributed by atoms with van der Waals surface area (Å²) in [4.78, 5) is 11.4.